The summed E-state index contributed by atoms with van der Waals surface area (Å²) in [5.41, 5.74) is 0.651. The van der Waals surface area contributed by atoms with Crippen LogP contribution in [-0.4, -0.2) is 69.8 Å². The summed E-state index contributed by atoms with van der Waals surface area (Å²) in [6, 6.07) is 6.83. The van der Waals surface area contributed by atoms with Crippen molar-refractivity contribution in [3.05, 3.63) is 30.5 Å². The number of benzene rings is 1. The number of hydrogen-bond donors (Lipinski definition) is 4. The van der Waals surface area contributed by atoms with Crippen molar-refractivity contribution in [3.63, 3.8) is 0 Å². The molecule has 24 heavy (non-hydrogen) atoms. The number of nitrogens with zero attached hydrogens (tertiary/aromatic N) is 1. The third-order valence-corrected chi connectivity index (χ3v) is 4.00. The number of methoxy groups -OCH3 is 1. The SMILES string of the molecule is COc1ccc2nccc(O[C@@H]3O[C@H](CO)[C@@H](O)[C@H](O)[C@H]3O)c2c1. The first-order chi connectivity index (χ1) is 11.5. The molecular formula is C16H19NO7. The number of ether oxygens (including phenoxy) is 3. The van der Waals surface area contributed by atoms with Crippen LogP contribution in [0.2, 0.25) is 0 Å². The molecule has 1 saturated heterocycles. The highest BCUT2D eigenvalue weighted by atomic mass is 16.7. The summed E-state index contributed by atoms with van der Waals surface area (Å²) in [5.74, 6) is 0.970. The van der Waals surface area contributed by atoms with Crippen molar-refractivity contribution in [2.75, 3.05) is 13.7 Å². The molecule has 5 atom stereocenters. The summed E-state index contributed by atoms with van der Waals surface area (Å²) in [6.45, 7) is -0.518. The summed E-state index contributed by atoms with van der Waals surface area (Å²) in [4.78, 5) is 4.22. The average Bonchev–Trinajstić information content (AvgIpc) is 2.62. The molecule has 8 heteroatoms. The predicted octanol–water partition coefficient (Wildman–Crippen LogP) is -0.578. The van der Waals surface area contributed by atoms with Crippen LogP contribution in [0.5, 0.6) is 11.5 Å². The molecule has 0 unspecified atom stereocenters. The third-order valence-electron chi connectivity index (χ3n) is 4.00. The minimum absolute atomic E-state index is 0.364. The number of aromatic nitrogens is 1. The van der Waals surface area contributed by atoms with E-state index in [1.165, 1.54) is 13.3 Å². The van der Waals surface area contributed by atoms with Crippen LogP contribution < -0.4 is 9.47 Å². The lowest BCUT2D eigenvalue weighted by molar-refractivity contribution is -0.277. The van der Waals surface area contributed by atoms with Crippen LogP contribution in [-0.2, 0) is 4.74 Å². The fourth-order valence-electron chi connectivity index (χ4n) is 2.62. The van der Waals surface area contributed by atoms with E-state index in [9.17, 15) is 20.4 Å². The smallest absolute Gasteiger partial charge is 0.229 e. The fourth-order valence-corrected chi connectivity index (χ4v) is 2.62. The highest BCUT2D eigenvalue weighted by molar-refractivity contribution is 5.86. The van der Waals surface area contributed by atoms with Crippen LogP contribution in [0.15, 0.2) is 30.5 Å². The van der Waals surface area contributed by atoms with E-state index in [1.807, 2.05) is 0 Å². The lowest BCUT2D eigenvalue weighted by atomic mass is 9.99. The van der Waals surface area contributed by atoms with E-state index in [-0.39, 0.29) is 0 Å². The van der Waals surface area contributed by atoms with Crippen molar-refractivity contribution in [2.45, 2.75) is 30.7 Å². The number of aliphatic hydroxyl groups is 4. The van der Waals surface area contributed by atoms with Crippen LogP contribution in [0.4, 0.5) is 0 Å². The lowest BCUT2D eigenvalue weighted by Crippen LogP contribution is -2.60. The van der Waals surface area contributed by atoms with E-state index in [1.54, 1.807) is 24.3 Å². The maximum atomic E-state index is 10.1. The van der Waals surface area contributed by atoms with E-state index >= 15 is 0 Å². The van der Waals surface area contributed by atoms with Crippen molar-refractivity contribution in [1.29, 1.82) is 0 Å². The Hall–Kier alpha value is -1.97. The zero-order valence-electron chi connectivity index (χ0n) is 12.9. The zero-order chi connectivity index (χ0) is 17.3. The molecule has 1 aliphatic rings. The van der Waals surface area contributed by atoms with Crippen molar-refractivity contribution >= 4 is 10.9 Å². The Morgan fingerprint density at radius 1 is 1.12 bits per heavy atom. The third kappa shape index (κ3) is 3.02. The molecule has 0 amide bonds. The second-order valence-electron chi connectivity index (χ2n) is 5.51. The van der Waals surface area contributed by atoms with Gasteiger partial charge in [0.25, 0.3) is 0 Å². The molecule has 1 aromatic heterocycles. The van der Waals surface area contributed by atoms with Gasteiger partial charge in [-0.3, -0.25) is 4.98 Å². The highest BCUT2D eigenvalue weighted by Gasteiger charge is 2.44. The maximum Gasteiger partial charge on any atom is 0.229 e. The Morgan fingerprint density at radius 3 is 2.62 bits per heavy atom. The van der Waals surface area contributed by atoms with E-state index in [0.29, 0.717) is 22.4 Å². The van der Waals surface area contributed by atoms with Crippen LogP contribution in [0.3, 0.4) is 0 Å². The molecule has 130 valence electrons. The van der Waals surface area contributed by atoms with E-state index in [4.69, 9.17) is 14.2 Å². The van der Waals surface area contributed by atoms with E-state index in [0.717, 1.165) is 0 Å². The van der Waals surface area contributed by atoms with Crippen molar-refractivity contribution in [1.82, 2.24) is 4.98 Å². The molecule has 0 bridgehead atoms. The average molecular weight is 337 g/mol. The molecule has 3 rings (SSSR count). The van der Waals surface area contributed by atoms with Gasteiger partial charge in [-0.25, -0.2) is 0 Å². The van der Waals surface area contributed by atoms with Gasteiger partial charge in [-0.1, -0.05) is 0 Å². The van der Waals surface area contributed by atoms with Crippen molar-refractivity contribution < 1.29 is 34.6 Å². The molecule has 8 nitrogen and oxygen atoms in total. The Morgan fingerprint density at radius 2 is 1.92 bits per heavy atom. The Kier molecular flexibility index (Phi) is 4.83. The molecule has 0 saturated carbocycles. The molecular weight excluding hydrogens is 318 g/mol. The van der Waals surface area contributed by atoms with Gasteiger partial charge in [-0.2, -0.15) is 0 Å². The molecule has 0 aliphatic carbocycles. The Labute approximate surface area is 137 Å². The number of aliphatic hydroxyl groups excluding tert-OH is 4. The Balaban J connectivity index is 1.91. The molecule has 2 aromatic rings. The van der Waals surface area contributed by atoms with Crippen molar-refractivity contribution in [3.8, 4) is 11.5 Å². The van der Waals surface area contributed by atoms with Crippen LogP contribution >= 0.6 is 0 Å². The van der Waals surface area contributed by atoms with E-state index in [2.05, 4.69) is 4.98 Å². The van der Waals surface area contributed by atoms with Crippen LogP contribution in [0.25, 0.3) is 10.9 Å². The largest absolute Gasteiger partial charge is 0.497 e. The standard InChI is InChI=1S/C16H19NO7/c1-22-8-2-3-10-9(6-8)11(4-5-17-10)23-16-15(21)14(20)13(19)12(7-18)24-16/h2-6,12-16,18-21H,7H2,1H3/t12-,13-,14+,15-,16-/m1/s1. The first-order valence-electron chi connectivity index (χ1n) is 7.45. The minimum Gasteiger partial charge on any atom is -0.497 e. The summed E-state index contributed by atoms with van der Waals surface area (Å²) in [7, 11) is 1.54. The topological polar surface area (TPSA) is 122 Å². The number of pyridine rings is 1. The molecule has 0 spiro atoms. The predicted molar refractivity (Wildman–Crippen MR) is 82.7 cm³/mol. The first-order valence-corrected chi connectivity index (χ1v) is 7.45. The van der Waals surface area contributed by atoms with Crippen LogP contribution in [0.1, 0.15) is 0 Å². The first kappa shape index (κ1) is 16.9. The van der Waals surface area contributed by atoms with Gasteiger partial charge in [-0.05, 0) is 24.3 Å². The highest BCUT2D eigenvalue weighted by Crippen LogP contribution is 2.31. The van der Waals surface area contributed by atoms with Gasteiger partial charge in [0, 0.05) is 11.6 Å². The summed E-state index contributed by atoms with van der Waals surface area (Å²) >= 11 is 0. The molecule has 4 N–H and O–H groups in total. The summed E-state index contributed by atoms with van der Waals surface area (Å²) < 4.78 is 16.2. The molecule has 1 aliphatic heterocycles. The van der Waals surface area contributed by atoms with Gasteiger partial charge >= 0.3 is 0 Å². The molecule has 1 aromatic carbocycles. The van der Waals surface area contributed by atoms with Gasteiger partial charge in [0.2, 0.25) is 6.29 Å². The second-order valence-corrected chi connectivity index (χ2v) is 5.51. The molecule has 2 heterocycles. The van der Waals surface area contributed by atoms with Gasteiger partial charge in [0.1, 0.15) is 35.9 Å². The van der Waals surface area contributed by atoms with Gasteiger partial charge < -0.3 is 34.6 Å². The van der Waals surface area contributed by atoms with Gasteiger partial charge in [-0.15, -0.1) is 0 Å². The zero-order valence-corrected chi connectivity index (χ0v) is 12.9. The molecule has 0 radical (unpaired) electrons. The second kappa shape index (κ2) is 6.88. The lowest BCUT2D eigenvalue weighted by Gasteiger charge is -2.39. The monoisotopic (exact) mass is 337 g/mol. The van der Waals surface area contributed by atoms with Crippen molar-refractivity contribution in [2.24, 2.45) is 0 Å². The Bertz CT molecular complexity index is 708. The minimum atomic E-state index is -1.50. The number of fused-ring (bicyclic) bond motifs is 1. The molecule has 1 fully saturated rings. The van der Waals surface area contributed by atoms with Gasteiger partial charge in [0.05, 0.1) is 19.2 Å². The number of hydrogen-bond acceptors (Lipinski definition) is 8. The summed E-state index contributed by atoms with van der Waals surface area (Å²) in [5, 5.41) is 39.6. The summed E-state index contributed by atoms with van der Waals surface area (Å²) in [6.07, 6.45) is -5.15. The number of rotatable bonds is 4. The quantitative estimate of drug-likeness (QED) is 0.585. The maximum absolute atomic E-state index is 10.1. The van der Waals surface area contributed by atoms with Crippen LogP contribution in [0, 0.1) is 0 Å². The normalized spacial score (nSPS) is 30.3. The van der Waals surface area contributed by atoms with Gasteiger partial charge in [0.15, 0.2) is 0 Å². The fraction of sp³-hybridized carbons (Fsp3) is 0.438. The van der Waals surface area contributed by atoms with E-state index < -0.39 is 37.3 Å².